The summed E-state index contributed by atoms with van der Waals surface area (Å²) in [5.41, 5.74) is 6.76. The lowest BCUT2D eigenvalue weighted by Crippen LogP contribution is -2.41. The van der Waals surface area contributed by atoms with Crippen molar-refractivity contribution in [2.24, 2.45) is 5.73 Å². The van der Waals surface area contributed by atoms with Gasteiger partial charge in [0.25, 0.3) is 0 Å². The molecule has 1 unspecified atom stereocenters. The molecule has 0 aliphatic carbocycles. The van der Waals surface area contributed by atoms with Crippen molar-refractivity contribution < 1.29 is 9.53 Å². The third kappa shape index (κ3) is 3.61. The van der Waals surface area contributed by atoms with E-state index in [4.69, 9.17) is 10.5 Å². The molecule has 1 saturated heterocycles. The second kappa shape index (κ2) is 6.47. The molecule has 17 heavy (non-hydrogen) atoms. The zero-order valence-electron chi connectivity index (χ0n) is 9.54. The Kier molecular flexibility index (Phi) is 5.25. The van der Waals surface area contributed by atoms with Crippen molar-refractivity contribution in [3.63, 3.8) is 0 Å². The van der Waals surface area contributed by atoms with Crippen LogP contribution in [0.5, 0.6) is 0 Å². The highest BCUT2D eigenvalue weighted by atomic mass is 35.5. The minimum atomic E-state index is -0.311. The standard InChI is InChI=1S/C12H16N2O2.ClH/c13-11-7-4-8-14(11)12(15)16-9-10-5-2-1-3-6-10;/h1-3,5-6,11H,4,7-9,13H2;1H. The van der Waals surface area contributed by atoms with Gasteiger partial charge in [0.1, 0.15) is 6.61 Å². The highest BCUT2D eigenvalue weighted by Gasteiger charge is 2.26. The van der Waals surface area contributed by atoms with Crippen molar-refractivity contribution in [3.8, 4) is 0 Å². The topological polar surface area (TPSA) is 55.6 Å². The van der Waals surface area contributed by atoms with Gasteiger partial charge in [0.05, 0.1) is 6.17 Å². The summed E-state index contributed by atoms with van der Waals surface area (Å²) in [5, 5.41) is 0. The predicted octanol–water partition coefficient (Wildman–Crippen LogP) is 2.13. The fraction of sp³-hybridized carbons (Fsp3) is 0.417. The molecule has 5 heteroatoms. The molecule has 1 fully saturated rings. The van der Waals surface area contributed by atoms with Crippen molar-refractivity contribution in [2.45, 2.75) is 25.6 Å². The molecule has 0 bridgehead atoms. The second-order valence-corrected chi connectivity index (χ2v) is 3.94. The number of hydrogen-bond acceptors (Lipinski definition) is 3. The molecule has 1 amide bonds. The second-order valence-electron chi connectivity index (χ2n) is 3.94. The Balaban J connectivity index is 0.00000144. The minimum Gasteiger partial charge on any atom is -0.445 e. The van der Waals surface area contributed by atoms with Gasteiger partial charge in [-0.3, -0.25) is 4.90 Å². The number of rotatable bonds is 2. The SMILES string of the molecule is Cl.NC1CCCN1C(=O)OCc1ccccc1. The van der Waals surface area contributed by atoms with Gasteiger partial charge in [-0.05, 0) is 18.4 Å². The van der Waals surface area contributed by atoms with Crippen LogP contribution in [0.1, 0.15) is 18.4 Å². The van der Waals surface area contributed by atoms with Crippen LogP contribution in [0.2, 0.25) is 0 Å². The van der Waals surface area contributed by atoms with Crippen molar-refractivity contribution >= 4 is 18.5 Å². The summed E-state index contributed by atoms with van der Waals surface area (Å²) in [6, 6.07) is 9.63. The van der Waals surface area contributed by atoms with Gasteiger partial charge in [0.2, 0.25) is 0 Å². The van der Waals surface area contributed by atoms with E-state index in [9.17, 15) is 4.79 Å². The maximum atomic E-state index is 11.7. The zero-order valence-corrected chi connectivity index (χ0v) is 10.4. The first-order valence-corrected chi connectivity index (χ1v) is 5.50. The van der Waals surface area contributed by atoms with Crippen LogP contribution in [0, 0.1) is 0 Å². The molecular weight excluding hydrogens is 240 g/mol. The first kappa shape index (κ1) is 13.8. The maximum Gasteiger partial charge on any atom is 0.411 e. The van der Waals surface area contributed by atoms with Crippen LogP contribution in [0.25, 0.3) is 0 Å². The highest BCUT2D eigenvalue weighted by molar-refractivity contribution is 5.85. The van der Waals surface area contributed by atoms with Crippen LogP contribution in [0.3, 0.4) is 0 Å². The van der Waals surface area contributed by atoms with Gasteiger partial charge in [-0.25, -0.2) is 4.79 Å². The van der Waals surface area contributed by atoms with E-state index in [0.29, 0.717) is 13.2 Å². The van der Waals surface area contributed by atoms with Gasteiger partial charge in [0.15, 0.2) is 0 Å². The number of hydrogen-bond donors (Lipinski definition) is 1. The van der Waals surface area contributed by atoms with Crippen LogP contribution in [-0.2, 0) is 11.3 Å². The van der Waals surface area contributed by atoms with Crippen molar-refractivity contribution in [1.82, 2.24) is 4.90 Å². The fourth-order valence-corrected chi connectivity index (χ4v) is 1.82. The van der Waals surface area contributed by atoms with E-state index in [1.165, 1.54) is 0 Å². The Bertz CT molecular complexity index is 359. The summed E-state index contributed by atoms with van der Waals surface area (Å²) < 4.78 is 5.19. The molecule has 0 aromatic heterocycles. The van der Waals surface area contributed by atoms with E-state index in [0.717, 1.165) is 18.4 Å². The van der Waals surface area contributed by atoms with E-state index in [1.807, 2.05) is 30.3 Å². The quantitative estimate of drug-likeness (QED) is 0.882. The molecule has 1 atom stereocenters. The average Bonchev–Trinajstić information content (AvgIpc) is 2.74. The zero-order chi connectivity index (χ0) is 11.4. The van der Waals surface area contributed by atoms with E-state index >= 15 is 0 Å². The normalized spacial score (nSPS) is 18.6. The summed E-state index contributed by atoms with van der Waals surface area (Å²) in [7, 11) is 0. The highest BCUT2D eigenvalue weighted by Crippen LogP contribution is 2.14. The van der Waals surface area contributed by atoms with Crippen molar-refractivity contribution in [2.75, 3.05) is 6.54 Å². The third-order valence-electron chi connectivity index (χ3n) is 2.74. The third-order valence-corrected chi connectivity index (χ3v) is 2.74. The molecule has 2 N–H and O–H groups in total. The smallest absolute Gasteiger partial charge is 0.411 e. The van der Waals surface area contributed by atoms with Crippen LogP contribution < -0.4 is 5.73 Å². The molecule has 0 radical (unpaired) electrons. The lowest BCUT2D eigenvalue weighted by molar-refractivity contribution is 0.0930. The maximum absolute atomic E-state index is 11.7. The molecule has 4 nitrogen and oxygen atoms in total. The molecular formula is C12H17ClN2O2. The number of nitrogens with zero attached hydrogens (tertiary/aromatic N) is 1. The van der Waals surface area contributed by atoms with E-state index in [1.54, 1.807) is 4.90 Å². The number of nitrogens with two attached hydrogens (primary N) is 1. The number of ether oxygens (including phenoxy) is 1. The lowest BCUT2D eigenvalue weighted by Gasteiger charge is -2.20. The summed E-state index contributed by atoms with van der Waals surface area (Å²) in [6.07, 6.45) is 1.33. The largest absolute Gasteiger partial charge is 0.445 e. The number of benzene rings is 1. The molecule has 1 heterocycles. The van der Waals surface area contributed by atoms with Crippen molar-refractivity contribution in [1.29, 1.82) is 0 Å². The first-order valence-electron chi connectivity index (χ1n) is 5.50. The molecule has 1 aromatic rings. The fourth-order valence-electron chi connectivity index (χ4n) is 1.82. The van der Waals surface area contributed by atoms with Crippen molar-refractivity contribution in [3.05, 3.63) is 35.9 Å². The van der Waals surface area contributed by atoms with E-state index < -0.39 is 0 Å². The molecule has 94 valence electrons. The van der Waals surface area contributed by atoms with E-state index in [2.05, 4.69) is 0 Å². The predicted molar refractivity (Wildman–Crippen MR) is 67.8 cm³/mol. The molecule has 0 saturated carbocycles. The molecule has 1 aromatic carbocycles. The van der Waals surface area contributed by atoms with Gasteiger partial charge in [-0.1, -0.05) is 30.3 Å². The molecule has 2 rings (SSSR count). The first-order chi connectivity index (χ1) is 7.77. The van der Waals surface area contributed by atoms with Crippen LogP contribution >= 0.6 is 12.4 Å². The van der Waals surface area contributed by atoms with Crippen LogP contribution in [0.4, 0.5) is 4.79 Å². The minimum absolute atomic E-state index is 0. The molecule has 1 aliphatic rings. The average molecular weight is 257 g/mol. The number of amides is 1. The lowest BCUT2D eigenvalue weighted by atomic mass is 10.2. The molecule has 1 aliphatic heterocycles. The Morgan fingerprint density at radius 2 is 2.12 bits per heavy atom. The van der Waals surface area contributed by atoms with Gasteiger partial charge >= 0.3 is 6.09 Å². The Labute approximate surface area is 107 Å². The van der Waals surface area contributed by atoms with Gasteiger partial charge in [0, 0.05) is 6.54 Å². The number of carbonyl (C=O) groups excluding carboxylic acids is 1. The summed E-state index contributed by atoms with van der Waals surface area (Å²) in [5.74, 6) is 0. The Morgan fingerprint density at radius 3 is 2.71 bits per heavy atom. The summed E-state index contributed by atoms with van der Waals surface area (Å²) in [6.45, 7) is 1.01. The van der Waals surface area contributed by atoms with Gasteiger partial charge in [-0.15, -0.1) is 12.4 Å². The number of halogens is 1. The van der Waals surface area contributed by atoms with Crippen LogP contribution in [-0.4, -0.2) is 23.7 Å². The Hall–Kier alpha value is -1.26. The summed E-state index contributed by atoms with van der Waals surface area (Å²) >= 11 is 0. The summed E-state index contributed by atoms with van der Waals surface area (Å²) in [4.78, 5) is 13.2. The van der Waals surface area contributed by atoms with Gasteiger partial charge < -0.3 is 10.5 Å². The number of carbonyl (C=O) groups is 1. The van der Waals surface area contributed by atoms with Gasteiger partial charge in [-0.2, -0.15) is 0 Å². The van der Waals surface area contributed by atoms with Crippen LogP contribution in [0.15, 0.2) is 30.3 Å². The number of likely N-dealkylation sites (tertiary alicyclic amines) is 1. The monoisotopic (exact) mass is 256 g/mol. The Morgan fingerprint density at radius 1 is 1.41 bits per heavy atom. The van der Waals surface area contributed by atoms with E-state index in [-0.39, 0.29) is 24.7 Å². The molecule has 0 spiro atoms.